The third-order valence-electron chi connectivity index (χ3n) is 0. The van der Waals surface area contributed by atoms with Gasteiger partial charge in [-0.2, -0.15) is 0 Å². The van der Waals surface area contributed by atoms with Crippen LogP contribution in [-0.4, -0.2) is 38.9 Å². The molecule has 0 bridgehead atoms. The second-order valence-corrected chi connectivity index (χ2v) is 0.0913. The molecule has 0 saturated carbocycles. The molecule has 4 heavy (non-hydrogen) atoms. The molecule has 0 fully saturated rings. The summed E-state index contributed by atoms with van der Waals surface area (Å²) in [5.41, 5.74) is 0. The summed E-state index contributed by atoms with van der Waals surface area (Å²) in [5, 5.41) is 6.76. The molecule has 0 amide bonds. The molecule has 0 radical (unpaired) electrons. The second-order valence-electron chi connectivity index (χ2n) is 0.0913. The third-order valence-corrected chi connectivity index (χ3v) is 0. The Balaban J connectivity index is 0. The standard InChI is InChI=1S/CHO2.Tl/c2-1-3;/h(H,2,3);/q-1;+1. The first-order chi connectivity index (χ1) is 1.41. The minimum absolute atomic E-state index is 0. The number of hydrogen-bond acceptors (Lipinski definition) is 1. The summed E-state index contributed by atoms with van der Waals surface area (Å²) in [6.45, 7) is 0.500. The molecule has 0 aliphatic rings. The van der Waals surface area contributed by atoms with Gasteiger partial charge < -0.3 is 9.90 Å². The van der Waals surface area contributed by atoms with Crippen LogP contribution >= 0.6 is 0 Å². The van der Waals surface area contributed by atoms with Gasteiger partial charge in [-0.3, -0.25) is 0 Å². The summed E-state index contributed by atoms with van der Waals surface area (Å²) >= 11 is 0. The van der Waals surface area contributed by atoms with Gasteiger partial charge in [-0.25, -0.2) is 0 Å². The largest absolute Gasteiger partial charge is 1.00 e. The average molecular weight is 249 g/mol. The molecule has 0 saturated heterocycles. The summed E-state index contributed by atoms with van der Waals surface area (Å²) in [4.78, 5) is 8.24. The molecule has 0 aromatic rings. The maximum Gasteiger partial charge on any atom is 1.00 e. The predicted octanol–water partition coefficient (Wildman–Crippen LogP) is -0.769. The number of hydrogen-bond donors (Lipinski definition) is 1. The SMILES string of the molecule is O=[C-]O.[Tl+]. The van der Waals surface area contributed by atoms with Gasteiger partial charge in [0.25, 0.3) is 0 Å². The summed E-state index contributed by atoms with van der Waals surface area (Å²) in [6.07, 6.45) is 0. The molecule has 0 aromatic carbocycles. The Kier molecular flexibility index (Phi) is 22.1. The Morgan fingerprint density at radius 1 is 1.75 bits per heavy atom. The van der Waals surface area contributed by atoms with E-state index >= 15 is 0 Å². The van der Waals surface area contributed by atoms with E-state index in [-0.39, 0.29) is 27.3 Å². The molecule has 2 nitrogen and oxygen atoms in total. The number of rotatable bonds is 0. The van der Waals surface area contributed by atoms with Gasteiger partial charge in [0.15, 0.2) is 0 Å². The van der Waals surface area contributed by atoms with Crippen LogP contribution in [0.25, 0.3) is 0 Å². The van der Waals surface area contributed by atoms with Crippen LogP contribution < -0.4 is 0 Å². The van der Waals surface area contributed by atoms with Crippen molar-refractivity contribution < 1.29 is 9.90 Å². The minimum Gasteiger partial charge on any atom is -0.665 e. The van der Waals surface area contributed by atoms with Gasteiger partial charge in [-0.15, -0.1) is 0 Å². The van der Waals surface area contributed by atoms with E-state index in [0.717, 1.165) is 0 Å². The maximum absolute atomic E-state index is 8.24. The first-order valence-corrected chi connectivity index (χ1v) is 0.428. The molecule has 0 aliphatic heterocycles. The van der Waals surface area contributed by atoms with Crippen molar-refractivity contribution in [2.24, 2.45) is 0 Å². The summed E-state index contributed by atoms with van der Waals surface area (Å²) in [5.74, 6) is 0. The number of aliphatic hydroxyl groups excluding tert-OH is 1. The van der Waals surface area contributed by atoms with E-state index < -0.39 is 0 Å². The molecule has 0 spiro atoms. The van der Waals surface area contributed by atoms with Crippen molar-refractivity contribution >= 4 is 33.8 Å². The molecule has 0 aliphatic carbocycles. The zero-order valence-corrected chi connectivity index (χ0v) is 6.42. The zero-order valence-electron chi connectivity index (χ0n) is 1.93. The van der Waals surface area contributed by atoms with E-state index in [1.54, 1.807) is 0 Å². The Bertz CT molecular complexity index is 13.5. The molecule has 0 atom stereocenters. The maximum atomic E-state index is 8.24. The molecule has 0 aromatic heterocycles. The first-order valence-electron chi connectivity index (χ1n) is 0.428. The summed E-state index contributed by atoms with van der Waals surface area (Å²) < 4.78 is 0. The van der Waals surface area contributed by atoms with E-state index in [0.29, 0.717) is 6.47 Å². The van der Waals surface area contributed by atoms with Crippen molar-refractivity contribution in [3.8, 4) is 0 Å². The second kappa shape index (κ2) is 10.0. The Hall–Kier alpha value is 0.392. The van der Waals surface area contributed by atoms with Gasteiger partial charge in [0, 0.05) is 0 Å². The molecule has 1 N–H and O–H groups in total. The van der Waals surface area contributed by atoms with Crippen molar-refractivity contribution in [3.05, 3.63) is 0 Å². The molecular formula is CHO2Tl. The van der Waals surface area contributed by atoms with Crippen LogP contribution in [0.3, 0.4) is 0 Å². The Labute approximate surface area is 44.0 Å². The molecule has 3 heteroatoms. The van der Waals surface area contributed by atoms with Gasteiger partial charge in [-0.05, 0) is 0 Å². The van der Waals surface area contributed by atoms with Crippen molar-refractivity contribution in [2.75, 3.05) is 0 Å². The van der Waals surface area contributed by atoms with Gasteiger partial charge in [-0.1, -0.05) is 6.47 Å². The van der Waals surface area contributed by atoms with Crippen molar-refractivity contribution in [1.82, 2.24) is 0 Å². The fourth-order valence-corrected chi connectivity index (χ4v) is 0. The van der Waals surface area contributed by atoms with E-state index in [9.17, 15) is 0 Å². The van der Waals surface area contributed by atoms with Crippen LogP contribution in [0.15, 0.2) is 0 Å². The van der Waals surface area contributed by atoms with Crippen LogP contribution in [0.5, 0.6) is 0 Å². The van der Waals surface area contributed by atoms with Gasteiger partial charge in [0.1, 0.15) is 0 Å². The van der Waals surface area contributed by atoms with Crippen LogP contribution in [0.4, 0.5) is 0 Å². The fraction of sp³-hybridized carbons (Fsp3) is 0. The minimum atomic E-state index is 0. The topological polar surface area (TPSA) is 37.3 Å². The molecular weight excluding hydrogens is 248 g/mol. The summed E-state index contributed by atoms with van der Waals surface area (Å²) in [7, 11) is 0. The third kappa shape index (κ3) is 30.2. The molecule has 0 unspecified atom stereocenters. The van der Waals surface area contributed by atoms with Crippen molar-refractivity contribution in [2.45, 2.75) is 0 Å². The first kappa shape index (κ1) is 8.83. The quantitative estimate of drug-likeness (QED) is 0.452. The zero-order chi connectivity index (χ0) is 2.71. The Morgan fingerprint density at radius 2 is 1.75 bits per heavy atom. The molecule has 0 heterocycles. The molecule has 20 valence electrons. The normalized spacial score (nSPS) is 3.00. The molecule has 0 rings (SSSR count). The van der Waals surface area contributed by atoms with E-state index in [1.165, 1.54) is 0 Å². The Morgan fingerprint density at radius 3 is 1.75 bits per heavy atom. The van der Waals surface area contributed by atoms with Gasteiger partial charge in [0.05, 0.1) is 0 Å². The summed E-state index contributed by atoms with van der Waals surface area (Å²) in [6, 6.07) is 0. The predicted molar refractivity (Wildman–Crippen MR) is 14.1 cm³/mol. The van der Waals surface area contributed by atoms with Crippen LogP contribution in [0.1, 0.15) is 0 Å². The van der Waals surface area contributed by atoms with Crippen LogP contribution in [0, 0.1) is 0 Å². The van der Waals surface area contributed by atoms with E-state index in [2.05, 4.69) is 0 Å². The smallest absolute Gasteiger partial charge is 0.665 e. The van der Waals surface area contributed by atoms with Crippen molar-refractivity contribution in [3.63, 3.8) is 0 Å². The monoisotopic (exact) mass is 250 g/mol. The van der Waals surface area contributed by atoms with Gasteiger partial charge in [0.2, 0.25) is 0 Å². The van der Waals surface area contributed by atoms with Gasteiger partial charge >= 0.3 is 27.3 Å². The average Bonchev–Trinajstić information content (AvgIpc) is 0.918. The van der Waals surface area contributed by atoms with E-state index in [4.69, 9.17) is 9.90 Å². The van der Waals surface area contributed by atoms with Crippen LogP contribution in [-0.2, 0) is 4.79 Å². The van der Waals surface area contributed by atoms with E-state index in [1.807, 2.05) is 0 Å². The van der Waals surface area contributed by atoms with Crippen molar-refractivity contribution in [1.29, 1.82) is 0 Å². The fourth-order valence-electron chi connectivity index (χ4n) is 0. The van der Waals surface area contributed by atoms with Crippen LogP contribution in [0.2, 0.25) is 0 Å².